The van der Waals surface area contributed by atoms with Crippen molar-refractivity contribution in [1.82, 2.24) is 4.90 Å². The van der Waals surface area contributed by atoms with Gasteiger partial charge in [-0.25, -0.2) is 0 Å². The summed E-state index contributed by atoms with van der Waals surface area (Å²) in [6.45, 7) is 9.42. The van der Waals surface area contributed by atoms with Crippen LogP contribution in [0.25, 0.3) is 17.2 Å². The van der Waals surface area contributed by atoms with E-state index < -0.39 is 0 Å². The Balaban J connectivity index is 1.47. The van der Waals surface area contributed by atoms with Gasteiger partial charge in [0.2, 0.25) is 0 Å². The molecule has 5 heteroatoms. The second-order valence-electron chi connectivity index (χ2n) is 9.94. The molecule has 0 bridgehead atoms. The lowest BCUT2D eigenvalue weighted by Gasteiger charge is -2.29. The predicted molar refractivity (Wildman–Crippen MR) is 153 cm³/mol. The van der Waals surface area contributed by atoms with Gasteiger partial charge in [0.1, 0.15) is 18.6 Å². The van der Waals surface area contributed by atoms with E-state index in [4.69, 9.17) is 16.3 Å². The Morgan fingerprint density at radius 2 is 1.81 bits per heavy atom. The standard InChI is InChI=1S/C32H36ClNO3/c1-22-17-32(31(33)18-27(22)20-35)37-21-26-11-7-14-30(24(26)3)29-13-6-10-25(23(29)2)9-4-5-15-34-16-8-12-28(36)19-34/h4,6-7,9-11,13-14,17-18,20,28,36H,5,8,12,15-16,19,21H2,1-3H3/b9-4+/t28-/m1/s1. The number of likely N-dealkylation sites (tertiary alicyclic amines) is 1. The lowest BCUT2D eigenvalue weighted by molar-refractivity contribution is 0.0717. The van der Waals surface area contributed by atoms with Crippen molar-refractivity contribution in [2.45, 2.75) is 52.7 Å². The predicted octanol–water partition coefficient (Wildman–Crippen LogP) is 7.18. The van der Waals surface area contributed by atoms with Crippen LogP contribution in [0.15, 0.2) is 54.6 Å². The molecule has 1 saturated heterocycles. The molecule has 194 valence electrons. The van der Waals surface area contributed by atoms with Crippen molar-refractivity contribution in [1.29, 1.82) is 0 Å². The van der Waals surface area contributed by atoms with E-state index in [1.54, 1.807) is 6.07 Å². The number of aldehydes is 1. The molecular weight excluding hydrogens is 482 g/mol. The number of ether oxygens (including phenoxy) is 1. The molecule has 0 amide bonds. The van der Waals surface area contributed by atoms with Crippen LogP contribution >= 0.6 is 11.6 Å². The van der Waals surface area contributed by atoms with Gasteiger partial charge in [-0.1, -0.05) is 60.2 Å². The molecule has 4 nitrogen and oxygen atoms in total. The zero-order valence-corrected chi connectivity index (χ0v) is 22.7. The van der Waals surface area contributed by atoms with Crippen molar-refractivity contribution in [3.63, 3.8) is 0 Å². The maximum atomic E-state index is 11.2. The third-order valence-corrected chi connectivity index (χ3v) is 7.63. The van der Waals surface area contributed by atoms with Crippen LogP contribution in [-0.4, -0.2) is 42.0 Å². The van der Waals surface area contributed by atoms with Gasteiger partial charge in [-0.3, -0.25) is 4.79 Å². The zero-order valence-electron chi connectivity index (χ0n) is 22.0. The third-order valence-electron chi connectivity index (χ3n) is 7.33. The largest absolute Gasteiger partial charge is 0.487 e. The number of benzene rings is 3. The highest BCUT2D eigenvalue weighted by molar-refractivity contribution is 6.32. The topological polar surface area (TPSA) is 49.8 Å². The van der Waals surface area contributed by atoms with Crippen molar-refractivity contribution < 1.29 is 14.6 Å². The molecule has 0 spiro atoms. The first-order valence-corrected chi connectivity index (χ1v) is 13.4. The minimum Gasteiger partial charge on any atom is -0.487 e. The van der Waals surface area contributed by atoms with Gasteiger partial charge >= 0.3 is 0 Å². The molecule has 1 aliphatic rings. The number of piperidine rings is 1. The molecule has 0 aromatic heterocycles. The van der Waals surface area contributed by atoms with E-state index in [0.29, 0.717) is 22.9 Å². The fourth-order valence-electron chi connectivity index (χ4n) is 5.02. The van der Waals surface area contributed by atoms with Gasteiger partial charge < -0.3 is 14.7 Å². The van der Waals surface area contributed by atoms with Gasteiger partial charge in [0.05, 0.1) is 11.1 Å². The number of aryl methyl sites for hydroxylation is 1. The molecule has 0 saturated carbocycles. The Labute approximate surface area is 225 Å². The van der Waals surface area contributed by atoms with Crippen LogP contribution in [0.1, 0.15) is 57.4 Å². The highest BCUT2D eigenvalue weighted by atomic mass is 35.5. The summed E-state index contributed by atoms with van der Waals surface area (Å²) in [5.74, 6) is 0.581. The van der Waals surface area contributed by atoms with E-state index in [9.17, 15) is 9.90 Å². The summed E-state index contributed by atoms with van der Waals surface area (Å²) in [6.07, 6.45) is 8.06. The smallest absolute Gasteiger partial charge is 0.150 e. The van der Waals surface area contributed by atoms with Crippen LogP contribution < -0.4 is 4.74 Å². The zero-order chi connectivity index (χ0) is 26.4. The Bertz CT molecular complexity index is 1280. The summed E-state index contributed by atoms with van der Waals surface area (Å²) in [6, 6.07) is 16.2. The van der Waals surface area contributed by atoms with Crippen LogP contribution in [-0.2, 0) is 6.61 Å². The van der Waals surface area contributed by atoms with Crippen LogP contribution in [0, 0.1) is 20.8 Å². The van der Waals surface area contributed by atoms with Crippen molar-refractivity contribution in [2.24, 2.45) is 0 Å². The van der Waals surface area contributed by atoms with Gasteiger partial charge in [-0.2, -0.15) is 0 Å². The summed E-state index contributed by atoms with van der Waals surface area (Å²) in [4.78, 5) is 13.5. The van der Waals surface area contributed by atoms with E-state index in [1.807, 2.05) is 13.0 Å². The van der Waals surface area contributed by atoms with Crippen LogP contribution in [0.4, 0.5) is 0 Å². The lowest BCUT2D eigenvalue weighted by Crippen LogP contribution is -2.38. The second kappa shape index (κ2) is 12.6. The molecule has 1 heterocycles. The summed E-state index contributed by atoms with van der Waals surface area (Å²) >= 11 is 6.35. The Kier molecular flexibility index (Phi) is 9.20. The number of β-amino-alcohol motifs (C(OH)–C–C–N with tert-alkyl or cyclic N) is 1. The minimum absolute atomic E-state index is 0.176. The molecule has 0 radical (unpaired) electrons. The molecule has 37 heavy (non-hydrogen) atoms. The van der Waals surface area contributed by atoms with Crippen molar-refractivity contribution in [3.8, 4) is 16.9 Å². The summed E-state index contributed by atoms with van der Waals surface area (Å²) in [7, 11) is 0. The van der Waals surface area contributed by atoms with E-state index in [2.05, 4.69) is 67.3 Å². The number of aliphatic hydroxyl groups excluding tert-OH is 1. The highest BCUT2D eigenvalue weighted by Gasteiger charge is 2.16. The Morgan fingerprint density at radius 1 is 1.05 bits per heavy atom. The summed E-state index contributed by atoms with van der Waals surface area (Å²) in [5.41, 5.74) is 8.55. The van der Waals surface area contributed by atoms with Gasteiger partial charge in [0.15, 0.2) is 0 Å². The first kappa shape index (κ1) is 27.1. The first-order valence-electron chi connectivity index (χ1n) is 13.0. The average Bonchev–Trinajstić information content (AvgIpc) is 2.88. The van der Waals surface area contributed by atoms with Crippen LogP contribution in [0.5, 0.6) is 5.75 Å². The van der Waals surface area contributed by atoms with Crippen LogP contribution in [0.3, 0.4) is 0 Å². The molecule has 3 aromatic carbocycles. The Morgan fingerprint density at radius 3 is 2.57 bits per heavy atom. The number of rotatable bonds is 9. The van der Waals surface area contributed by atoms with Gasteiger partial charge in [0, 0.05) is 18.7 Å². The summed E-state index contributed by atoms with van der Waals surface area (Å²) < 4.78 is 6.07. The van der Waals surface area contributed by atoms with Gasteiger partial charge in [0.25, 0.3) is 0 Å². The number of carbonyl (C=O) groups is 1. The van der Waals surface area contributed by atoms with E-state index in [-0.39, 0.29) is 6.10 Å². The van der Waals surface area contributed by atoms with Gasteiger partial charge in [-0.15, -0.1) is 0 Å². The number of aliphatic hydroxyl groups is 1. The van der Waals surface area contributed by atoms with Crippen LogP contribution in [0.2, 0.25) is 5.02 Å². The highest BCUT2D eigenvalue weighted by Crippen LogP contribution is 2.32. The van der Waals surface area contributed by atoms with Gasteiger partial charge in [-0.05, 0) is 97.7 Å². The average molecular weight is 518 g/mol. The quantitative estimate of drug-likeness (QED) is 0.305. The van der Waals surface area contributed by atoms with Crippen molar-refractivity contribution in [2.75, 3.05) is 19.6 Å². The number of hydrogen-bond donors (Lipinski definition) is 1. The lowest BCUT2D eigenvalue weighted by atomic mass is 9.91. The Hall–Kier alpha value is -2.92. The maximum absolute atomic E-state index is 11.2. The van der Waals surface area contributed by atoms with E-state index >= 15 is 0 Å². The SMILES string of the molecule is Cc1cc(OCc2cccc(-c3cccc(/C=C/CCN4CCC[C@@H](O)C4)c3C)c2C)c(Cl)cc1C=O. The molecule has 1 fully saturated rings. The van der Waals surface area contributed by atoms with Crippen molar-refractivity contribution in [3.05, 3.63) is 93.0 Å². The molecule has 0 unspecified atom stereocenters. The molecule has 0 aliphatic carbocycles. The third kappa shape index (κ3) is 6.70. The summed E-state index contributed by atoms with van der Waals surface area (Å²) in [5, 5.41) is 10.3. The molecule has 1 atom stereocenters. The number of carbonyl (C=O) groups excluding carboxylic acids is 1. The molecule has 1 N–H and O–H groups in total. The van der Waals surface area contributed by atoms with E-state index in [1.165, 1.54) is 27.8 Å². The first-order chi connectivity index (χ1) is 17.9. The molecule has 4 rings (SSSR count). The number of halogens is 1. The van der Waals surface area contributed by atoms with E-state index in [0.717, 1.165) is 56.3 Å². The molecule has 1 aliphatic heterocycles. The monoisotopic (exact) mass is 517 g/mol. The number of hydrogen-bond acceptors (Lipinski definition) is 4. The minimum atomic E-state index is -0.176. The maximum Gasteiger partial charge on any atom is 0.150 e. The van der Waals surface area contributed by atoms with Crippen molar-refractivity contribution >= 4 is 24.0 Å². The normalized spacial score (nSPS) is 16.3. The fraction of sp³-hybridized carbons (Fsp3) is 0.344. The number of nitrogens with zero attached hydrogens (tertiary/aromatic N) is 1. The molecular formula is C32H36ClNO3. The fourth-order valence-corrected chi connectivity index (χ4v) is 5.25. The second-order valence-corrected chi connectivity index (χ2v) is 10.4. The molecule has 3 aromatic rings.